The van der Waals surface area contributed by atoms with E-state index in [0.717, 1.165) is 10.9 Å². The monoisotopic (exact) mass is 236 g/mol. The minimum Gasteiger partial charge on any atom is -0.466 e. The third kappa shape index (κ3) is 2.30. The first-order chi connectivity index (χ1) is 8.11. The van der Waals surface area contributed by atoms with Crippen molar-refractivity contribution in [1.29, 1.82) is 0 Å². The molecule has 4 heteroatoms. The van der Waals surface area contributed by atoms with Crippen molar-refractivity contribution >= 4 is 16.9 Å². The highest BCUT2D eigenvalue weighted by atomic mass is 19.1. The Balaban J connectivity index is 2.36. The van der Waals surface area contributed by atoms with Gasteiger partial charge in [-0.2, -0.15) is 0 Å². The van der Waals surface area contributed by atoms with Gasteiger partial charge in [0.05, 0.1) is 19.3 Å². The van der Waals surface area contributed by atoms with Crippen LogP contribution in [0.5, 0.6) is 0 Å². The summed E-state index contributed by atoms with van der Waals surface area (Å²) in [5, 5.41) is 0.761. The third-order valence-corrected chi connectivity index (χ3v) is 2.58. The van der Waals surface area contributed by atoms with Gasteiger partial charge in [-0.25, -0.2) is 4.39 Å². The zero-order valence-corrected chi connectivity index (χ0v) is 9.75. The van der Waals surface area contributed by atoms with Crippen LogP contribution in [0, 0.1) is 12.7 Å². The molecule has 0 saturated heterocycles. The molecule has 0 atom stereocenters. The Morgan fingerprint density at radius 2 is 2.24 bits per heavy atom. The highest BCUT2D eigenvalue weighted by molar-refractivity contribution is 5.86. The van der Waals surface area contributed by atoms with E-state index in [0.29, 0.717) is 17.8 Å². The van der Waals surface area contributed by atoms with E-state index in [-0.39, 0.29) is 18.2 Å². The van der Waals surface area contributed by atoms with E-state index in [2.05, 4.69) is 0 Å². The fraction of sp³-hybridized carbons (Fsp3) is 0.308. The third-order valence-electron chi connectivity index (χ3n) is 2.58. The van der Waals surface area contributed by atoms with E-state index in [1.807, 2.05) is 0 Å². The molecule has 0 N–H and O–H groups in total. The molecular weight excluding hydrogens is 223 g/mol. The van der Waals surface area contributed by atoms with Gasteiger partial charge in [0.25, 0.3) is 0 Å². The van der Waals surface area contributed by atoms with E-state index in [1.54, 1.807) is 19.9 Å². The summed E-state index contributed by atoms with van der Waals surface area (Å²) in [7, 11) is 0. The zero-order chi connectivity index (χ0) is 12.4. The van der Waals surface area contributed by atoms with Crippen molar-refractivity contribution in [2.75, 3.05) is 6.61 Å². The van der Waals surface area contributed by atoms with Crippen LogP contribution in [0.25, 0.3) is 11.0 Å². The maximum absolute atomic E-state index is 13.3. The SMILES string of the molecule is CCOC(=O)Cc1coc2cc(F)c(C)cc12. The van der Waals surface area contributed by atoms with E-state index >= 15 is 0 Å². The summed E-state index contributed by atoms with van der Waals surface area (Å²) in [5.74, 6) is -0.619. The van der Waals surface area contributed by atoms with Gasteiger partial charge in [-0.3, -0.25) is 4.79 Å². The van der Waals surface area contributed by atoms with Crippen molar-refractivity contribution in [2.24, 2.45) is 0 Å². The zero-order valence-electron chi connectivity index (χ0n) is 9.75. The summed E-state index contributed by atoms with van der Waals surface area (Å²) in [6, 6.07) is 3.02. The lowest BCUT2D eigenvalue weighted by molar-refractivity contribution is -0.142. The van der Waals surface area contributed by atoms with Crippen LogP contribution < -0.4 is 0 Å². The molecule has 3 nitrogen and oxygen atoms in total. The van der Waals surface area contributed by atoms with Crippen LogP contribution in [-0.2, 0) is 16.0 Å². The number of ether oxygens (including phenoxy) is 1. The first-order valence-electron chi connectivity index (χ1n) is 5.43. The molecule has 1 aromatic carbocycles. The molecule has 0 fully saturated rings. The van der Waals surface area contributed by atoms with Crippen LogP contribution in [0.4, 0.5) is 4.39 Å². The number of hydrogen-bond acceptors (Lipinski definition) is 3. The molecular formula is C13H13FO3. The summed E-state index contributed by atoms with van der Waals surface area (Å²) in [6.45, 7) is 3.78. The molecule has 2 aromatic rings. The Bertz CT molecular complexity index is 557. The van der Waals surface area contributed by atoms with Gasteiger partial charge in [0.2, 0.25) is 0 Å². The fourth-order valence-electron chi connectivity index (χ4n) is 1.71. The number of rotatable bonds is 3. The summed E-state index contributed by atoms with van der Waals surface area (Å²) in [4.78, 5) is 11.4. The topological polar surface area (TPSA) is 39.4 Å². The van der Waals surface area contributed by atoms with Gasteiger partial charge in [0, 0.05) is 17.0 Å². The Hall–Kier alpha value is -1.84. The summed E-state index contributed by atoms with van der Waals surface area (Å²) in [6.07, 6.45) is 1.62. The summed E-state index contributed by atoms with van der Waals surface area (Å²) in [5.41, 5.74) is 1.71. The van der Waals surface area contributed by atoms with E-state index < -0.39 is 0 Å². The molecule has 1 aromatic heterocycles. The molecule has 0 aliphatic rings. The van der Waals surface area contributed by atoms with Crippen LogP contribution in [0.1, 0.15) is 18.1 Å². The van der Waals surface area contributed by atoms with Gasteiger partial charge < -0.3 is 9.15 Å². The Kier molecular flexibility index (Phi) is 3.13. The van der Waals surface area contributed by atoms with Crippen LogP contribution in [0.3, 0.4) is 0 Å². The number of aryl methyl sites for hydroxylation is 1. The molecule has 0 radical (unpaired) electrons. The number of fused-ring (bicyclic) bond motifs is 1. The van der Waals surface area contributed by atoms with Crippen molar-refractivity contribution < 1.29 is 18.3 Å². The minimum atomic E-state index is -0.311. The fourth-order valence-corrected chi connectivity index (χ4v) is 1.71. The smallest absolute Gasteiger partial charge is 0.310 e. The van der Waals surface area contributed by atoms with E-state index in [1.165, 1.54) is 12.3 Å². The molecule has 0 amide bonds. The lowest BCUT2D eigenvalue weighted by atomic mass is 10.1. The quantitative estimate of drug-likeness (QED) is 0.769. The Labute approximate surface area is 98.2 Å². The predicted molar refractivity (Wildman–Crippen MR) is 61.2 cm³/mol. The van der Waals surface area contributed by atoms with Crippen molar-refractivity contribution in [3.8, 4) is 0 Å². The van der Waals surface area contributed by atoms with Gasteiger partial charge in [-0.1, -0.05) is 0 Å². The highest BCUT2D eigenvalue weighted by Crippen LogP contribution is 2.24. The lowest BCUT2D eigenvalue weighted by Crippen LogP contribution is -2.06. The van der Waals surface area contributed by atoms with Crippen LogP contribution in [0.2, 0.25) is 0 Å². The first-order valence-corrected chi connectivity index (χ1v) is 5.43. The largest absolute Gasteiger partial charge is 0.466 e. The second kappa shape index (κ2) is 4.57. The lowest BCUT2D eigenvalue weighted by Gasteiger charge is -2.00. The molecule has 1 heterocycles. The first kappa shape index (κ1) is 11.6. The molecule has 90 valence electrons. The molecule has 0 bridgehead atoms. The number of carbonyl (C=O) groups excluding carboxylic acids is 1. The molecule has 0 saturated carbocycles. The Morgan fingerprint density at radius 3 is 2.94 bits per heavy atom. The molecule has 0 spiro atoms. The second-order valence-corrected chi connectivity index (χ2v) is 3.84. The van der Waals surface area contributed by atoms with Crippen molar-refractivity contribution in [2.45, 2.75) is 20.3 Å². The maximum Gasteiger partial charge on any atom is 0.310 e. The average molecular weight is 236 g/mol. The normalized spacial score (nSPS) is 10.8. The highest BCUT2D eigenvalue weighted by Gasteiger charge is 2.12. The maximum atomic E-state index is 13.3. The summed E-state index contributed by atoms with van der Waals surface area (Å²) < 4.78 is 23.4. The Morgan fingerprint density at radius 1 is 1.47 bits per heavy atom. The number of halogens is 1. The minimum absolute atomic E-state index is 0.145. The van der Waals surface area contributed by atoms with Gasteiger partial charge >= 0.3 is 5.97 Å². The van der Waals surface area contributed by atoms with Crippen LogP contribution in [0.15, 0.2) is 22.8 Å². The standard InChI is InChI=1S/C13H13FO3/c1-3-16-13(15)5-9-7-17-12-6-11(14)8(2)4-10(9)12/h4,6-7H,3,5H2,1-2H3. The second-order valence-electron chi connectivity index (χ2n) is 3.84. The molecule has 0 aliphatic carbocycles. The van der Waals surface area contributed by atoms with Crippen molar-refractivity contribution in [3.63, 3.8) is 0 Å². The van der Waals surface area contributed by atoms with E-state index in [4.69, 9.17) is 9.15 Å². The van der Waals surface area contributed by atoms with Crippen molar-refractivity contribution in [1.82, 2.24) is 0 Å². The van der Waals surface area contributed by atoms with Gasteiger partial charge in [0.15, 0.2) is 0 Å². The summed E-state index contributed by atoms with van der Waals surface area (Å²) >= 11 is 0. The molecule has 2 rings (SSSR count). The number of carbonyl (C=O) groups is 1. The van der Waals surface area contributed by atoms with Gasteiger partial charge in [0.1, 0.15) is 11.4 Å². The number of furan rings is 1. The van der Waals surface area contributed by atoms with Crippen LogP contribution in [-0.4, -0.2) is 12.6 Å². The predicted octanol–water partition coefficient (Wildman–Crippen LogP) is 2.99. The molecule has 0 aliphatic heterocycles. The van der Waals surface area contributed by atoms with Gasteiger partial charge in [-0.15, -0.1) is 0 Å². The van der Waals surface area contributed by atoms with Crippen molar-refractivity contribution in [3.05, 3.63) is 35.3 Å². The number of benzene rings is 1. The molecule has 0 unspecified atom stereocenters. The van der Waals surface area contributed by atoms with Gasteiger partial charge in [-0.05, 0) is 25.5 Å². The number of esters is 1. The number of hydrogen-bond donors (Lipinski definition) is 0. The molecule has 17 heavy (non-hydrogen) atoms. The van der Waals surface area contributed by atoms with E-state index in [9.17, 15) is 9.18 Å². The average Bonchev–Trinajstić information content (AvgIpc) is 2.63. The van der Waals surface area contributed by atoms with Crippen LogP contribution >= 0.6 is 0 Å².